The molecular formula is C10H15BrFNOS2. The second kappa shape index (κ2) is 5.25. The molecule has 1 N–H and O–H groups in total. The fourth-order valence-electron chi connectivity index (χ4n) is 1.04. The van der Waals surface area contributed by atoms with Gasteiger partial charge in [-0.1, -0.05) is 0 Å². The van der Waals surface area contributed by atoms with Crippen LogP contribution >= 0.6 is 27.3 Å². The first kappa shape index (κ1) is 14.3. The third-order valence-electron chi connectivity index (χ3n) is 1.92. The van der Waals surface area contributed by atoms with Gasteiger partial charge < -0.3 is 0 Å². The number of nitrogens with one attached hydrogen (secondary N) is 1. The summed E-state index contributed by atoms with van der Waals surface area (Å²) in [6.07, 6.45) is 0. The van der Waals surface area contributed by atoms with Gasteiger partial charge in [0.05, 0.1) is 30.4 Å². The second-order valence-corrected chi connectivity index (χ2v) is 8.94. The Bertz CT molecular complexity index is 400. The summed E-state index contributed by atoms with van der Waals surface area (Å²) in [6, 6.07) is 1.18. The lowest BCUT2D eigenvalue weighted by atomic mass is 10.3. The average molecular weight is 328 g/mol. The van der Waals surface area contributed by atoms with Crippen LogP contribution in [0.15, 0.2) is 9.85 Å². The monoisotopic (exact) mass is 327 g/mol. The highest BCUT2D eigenvalue weighted by atomic mass is 79.9. The summed E-state index contributed by atoms with van der Waals surface area (Å²) in [5.74, 6) is -0.261. The predicted octanol–water partition coefficient (Wildman–Crippen LogP) is 3.76. The second-order valence-electron chi connectivity index (χ2n) is 4.48. The van der Waals surface area contributed by atoms with Crippen molar-refractivity contribution in [2.24, 2.45) is 0 Å². The fourth-order valence-corrected chi connectivity index (χ4v) is 3.40. The first-order valence-corrected chi connectivity index (χ1v) is 7.60. The third kappa shape index (κ3) is 3.61. The maximum absolute atomic E-state index is 13.4. The predicted molar refractivity (Wildman–Crippen MR) is 71.4 cm³/mol. The van der Waals surface area contributed by atoms with Crippen molar-refractivity contribution >= 4 is 38.3 Å². The molecular weight excluding hydrogens is 313 g/mol. The molecule has 6 heteroatoms. The maximum atomic E-state index is 13.4. The Balaban J connectivity index is 2.77. The van der Waals surface area contributed by atoms with Crippen LogP contribution in [0.3, 0.4) is 0 Å². The summed E-state index contributed by atoms with van der Waals surface area (Å²) in [6.45, 7) is 7.45. The zero-order chi connectivity index (χ0) is 12.5. The molecule has 2 nitrogen and oxygen atoms in total. The van der Waals surface area contributed by atoms with E-state index in [-0.39, 0.29) is 16.6 Å². The maximum Gasteiger partial charge on any atom is 0.139 e. The van der Waals surface area contributed by atoms with Gasteiger partial charge in [0.2, 0.25) is 0 Å². The van der Waals surface area contributed by atoms with Gasteiger partial charge in [-0.25, -0.2) is 13.3 Å². The Hall–Kier alpha value is 0.220. The zero-order valence-corrected chi connectivity index (χ0v) is 12.9. The summed E-state index contributed by atoms with van der Waals surface area (Å²) in [4.78, 5) is 0.574. The van der Waals surface area contributed by atoms with Crippen LogP contribution in [-0.4, -0.2) is 8.96 Å². The van der Waals surface area contributed by atoms with Crippen LogP contribution < -0.4 is 4.72 Å². The topological polar surface area (TPSA) is 29.1 Å². The molecule has 0 radical (unpaired) electrons. The SMILES string of the molecule is C[C@@H](NS(=O)C(C)(C)C)c1sc(Br)cc1F. The summed E-state index contributed by atoms with van der Waals surface area (Å²) >= 11 is 4.55. The van der Waals surface area contributed by atoms with E-state index in [4.69, 9.17) is 0 Å². The van der Waals surface area contributed by atoms with E-state index in [1.165, 1.54) is 17.4 Å². The van der Waals surface area contributed by atoms with Gasteiger partial charge in [-0.15, -0.1) is 11.3 Å². The van der Waals surface area contributed by atoms with E-state index in [0.717, 1.165) is 3.79 Å². The van der Waals surface area contributed by atoms with Crippen molar-refractivity contribution in [2.45, 2.75) is 38.5 Å². The van der Waals surface area contributed by atoms with E-state index in [9.17, 15) is 8.60 Å². The summed E-state index contributed by atoms with van der Waals surface area (Å²) < 4.78 is 28.6. The van der Waals surface area contributed by atoms with E-state index in [2.05, 4.69) is 20.7 Å². The van der Waals surface area contributed by atoms with Crippen LogP contribution in [0.25, 0.3) is 0 Å². The molecule has 0 aliphatic rings. The molecule has 0 aliphatic heterocycles. The van der Waals surface area contributed by atoms with Gasteiger partial charge in [0.1, 0.15) is 5.82 Å². The number of halogens is 2. The minimum absolute atomic E-state index is 0.253. The number of rotatable bonds is 3. The molecule has 0 saturated carbocycles. The molecule has 0 saturated heterocycles. The average Bonchev–Trinajstić information content (AvgIpc) is 2.43. The van der Waals surface area contributed by atoms with Crippen molar-refractivity contribution in [3.63, 3.8) is 0 Å². The van der Waals surface area contributed by atoms with E-state index in [1.807, 2.05) is 27.7 Å². The first-order chi connectivity index (χ1) is 7.21. The van der Waals surface area contributed by atoms with Crippen molar-refractivity contribution in [3.8, 4) is 0 Å². The largest absolute Gasteiger partial charge is 0.242 e. The van der Waals surface area contributed by atoms with E-state index in [1.54, 1.807) is 0 Å². The number of thiophene rings is 1. The van der Waals surface area contributed by atoms with E-state index in [0.29, 0.717) is 4.88 Å². The lowest BCUT2D eigenvalue weighted by molar-refractivity contribution is 0.582. The standard InChI is InChI=1S/C10H15BrFNOS2/c1-6(13-16(14)10(2,3)4)9-7(12)5-8(11)15-9/h5-6,13H,1-4H3/t6-,16?/m1/s1. The number of hydrogen-bond donors (Lipinski definition) is 1. The minimum Gasteiger partial charge on any atom is -0.242 e. The van der Waals surface area contributed by atoms with Crippen LogP contribution in [0.1, 0.15) is 38.6 Å². The lowest BCUT2D eigenvalue weighted by Crippen LogP contribution is -2.34. The van der Waals surface area contributed by atoms with Crippen molar-refractivity contribution < 1.29 is 8.60 Å². The first-order valence-electron chi connectivity index (χ1n) is 4.84. The molecule has 0 fully saturated rings. The van der Waals surface area contributed by atoms with Crippen LogP contribution in [-0.2, 0) is 11.0 Å². The molecule has 1 rings (SSSR count). The van der Waals surface area contributed by atoms with Gasteiger partial charge in [-0.2, -0.15) is 0 Å². The van der Waals surface area contributed by atoms with Crippen molar-refractivity contribution in [1.82, 2.24) is 4.72 Å². The molecule has 0 bridgehead atoms. The van der Waals surface area contributed by atoms with Crippen LogP contribution in [0.2, 0.25) is 0 Å². The fraction of sp³-hybridized carbons (Fsp3) is 0.600. The van der Waals surface area contributed by atoms with Crippen LogP contribution in [0.4, 0.5) is 4.39 Å². The molecule has 0 aliphatic carbocycles. The highest BCUT2D eigenvalue weighted by molar-refractivity contribution is 9.11. The molecule has 1 aromatic heterocycles. The van der Waals surface area contributed by atoms with Crippen LogP contribution in [0.5, 0.6) is 0 Å². The smallest absolute Gasteiger partial charge is 0.139 e. The van der Waals surface area contributed by atoms with Gasteiger partial charge >= 0.3 is 0 Å². The minimum atomic E-state index is -1.19. The van der Waals surface area contributed by atoms with E-state index < -0.39 is 11.0 Å². The Morgan fingerprint density at radius 2 is 2.12 bits per heavy atom. The summed E-state index contributed by atoms with van der Waals surface area (Å²) in [5, 5.41) is 0. The quantitative estimate of drug-likeness (QED) is 0.899. The lowest BCUT2D eigenvalue weighted by Gasteiger charge is -2.21. The van der Waals surface area contributed by atoms with Crippen LogP contribution in [0, 0.1) is 5.82 Å². The third-order valence-corrected chi connectivity index (χ3v) is 5.39. The van der Waals surface area contributed by atoms with Gasteiger partial charge in [-0.05, 0) is 49.7 Å². The van der Waals surface area contributed by atoms with Gasteiger partial charge in [0.25, 0.3) is 0 Å². The molecule has 16 heavy (non-hydrogen) atoms. The van der Waals surface area contributed by atoms with Gasteiger partial charge in [0.15, 0.2) is 0 Å². The molecule has 0 amide bonds. The van der Waals surface area contributed by atoms with E-state index >= 15 is 0 Å². The molecule has 1 heterocycles. The van der Waals surface area contributed by atoms with Gasteiger partial charge in [0, 0.05) is 0 Å². The molecule has 1 unspecified atom stereocenters. The highest BCUT2D eigenvalue weighted by Crippen LogP contribution is 2.31. The molecule has 1 aromatic rings. The van der Waals surface area contributed by atoms with Gasteiger partial charge in [-0.3, -0.25) is 0 Å². The van der Waals surface area contributed by atoms with Crippen molar-refractivity contribution in [1.29, 1.82) is 0 Å². The Morgan fingerprint density at radius 3 is 2.50 bits per heavy atom. The molecule has 92 valence electrons. The molecule has 0 spiro atoms. The Kier molecular flexibility index (Phi) is 4.68. The molecule has 0 aromatic carbocycles. The Labute approximate surface area is 110 Å². The molecule has 2 atom stereocenters. The summed E-state index contributed by atoms with van der Waals surface area (Å²) in [7, 11) is -1.19. The zero-order valence-electron chi connectivity index (χ0n) is 9.64. The normalized spacial score (nSPS) is 16.1. The van der Waals surface area contributed by atoms with Crippen molar-refractivity contribution in [3.05, 3.63) is 20.5 Å². The summed E-state index contributed by atoms with van der Waals surface area (Å²) in [5.41, 5.74) is 0. The highest BCUT2D eigenvalue weighted by Gasteiger charge is 2.23. The van der Waals surface area contributed by atoms with Crippen molar-refractivity contribution in [2.75, 3.05) is 0 Å². The Morgan fingerprint density at radius 1 is 1.56 bits per heavy atom. The number of hydrogen-bond acceptors (Lipinski definition) is 2.